The Balaban J connectivity index is 1.44. The zero-order chi connectivity index (χ0) is 18.6. The Morgan fingerprint density at radius 1 is 1.04 bits per heavy atom. The number of halogens is 1. The van der Waals surface area contributed by atoms with E-state index in [1.54, 1.807) is 18.2 Å². The van der Waals surface area contributed by atoms with Crippen LogP contribution in [0.2, 0.25) is 0 Å². The second kappa shape index (κ2) is 7.29. The number of ether oxygens (including phenoxy) is 1. The first-order valence-corrected chi connectivity index (χ1v) is 8.32. The normalized spacial score (nSPS) is 10.7. The molecular formula is C21H15FN2O3. The van der Waals surface area contributed by atoms with Crippen molar-refractivity contribution in [3.8, 4) is 17.2 Å². The minimum absolute atomic E-state index is 0.182. The van der Waals surface area contributed by atoms with Crippen molar-refractivity contribution in [1.29, 1.82) is 0 Å². The standard InChI is InChI=1S/C21H15FN2O3/c22-15-8-10-17(11-9-15)26-13-20(25)23-16-5-3-4-14(12-16)21-24-18-6-1-2-7-19(18)27-21/h1-12H,13H2,(H,23,25). The maximum atomic E-state index is 12.9. The third-order valence-electron chi connectivity index (χ3n) is 3.87. The maximum Gasteiger partial charge on any atom is 0.262 e. The number of aromatic nitrogens is 1. The average Bonchev–Trinajstić information content (AvgIpc) is 3.12. The number of carbonyl (C=O) groups is 1. The summed E-state index contributed by atoms with van der Waals surface area (Å²) in [4.78, 5) is 16.5. The zero-order valence-electron chi connectivity index (χ0n) is 14.2. The molecule has 0 aliphatic rings. The van der Waals surface area contributed by atoms with Gasteiger partial charge < -0.3 is 14.5 Å². The Morgan fingerprint density at radius 2 is 1.85 bits per heavy atom. The van der Waals surface area contributed by atoms with Crippen LogP contribution in [0.25, 0.3) is 22.6 Å². The highest BCUT2D eigenvalue weighted by Crippen LogP contribution is 2.26. The van der Waals surface area contributed by atoms with E-state index in [1.807, 2.05) is 30.3 Å². The smallest absolute Gasteiger partial charge is 0.262 e. The van der Waals surface area contributed by atoms with Crippen LogP contribution in [-0.4, -0.2) is 17.5 Å². The quantitative estimate of drug-likeness (QED) is 0.561. The van der Waals surface area contributed by atoms with E-state index < -0.39 is 0 Å². The number of carbonyl (C=O) groups excluding carboxylic acids is 1. The molecule has 6 heteroatoms. The van der Waals surface area contributed by atoms with Gasteiger partial charge in [-0.1, -0.05) is 18.2 Å². The topological polar surface area (TPSA) is 64.4 Å². The van der Waals surface area contributed by atoms with Crippen molar-refractivity contribution in [2.24, 2.45) is 0 Å². The minimum atomic E-state index is -0.359. The second-order valence-corrected chi connectivity index (χ2v) is 5.86. The molecule has 5 nitrogen and oxygen atoms in total. The molecule has 0 aliphatic carbocycles. The fourth-order valence-corrected chi connectivity index (χ4v) is 2.60. The van der Waals surface area contributed by atoms with Crippen LogP contribution in [0.15, 0.2) is 77.2 Å². The number of amides is 1. The molecule has 0 bridgehead atoms. The number of anilines is 1. The van der Waals surface area contributed by atoms with E-state index in [4.69, 9.17) is 9.15 Å². The summed E-state index contributed by atoms with van der Waals surface area (Å²) in [7, 11) is 0. The van der Waals surface area contributed by atoms with Gasteiger partial charge in [0.2, 0.25) is 5.89 Å². The second-order valence-electron chi connectivity index (χ2n) is 5.86. The number of fused-ring (bicyclic) bond motifs is 1. The summed E-state index contributed by atoms with van der Waals surface area (Å²) in [5, 5.41) is 2.76. The SMILES string of the molecule is O=C(COc1ccc(F)cc1)Nc1cccc(-c2nc3ccccc3o2)c1. The monoisotopic (exact) mass is 362 g/mol. The van der Waals surface area contributed by atoms with Crippen LogP contribution in [0.4, 0.5) is 10.1 Å². The molecule has 134 valence electrons. The molecule has 0 atom stereocenters. The van der Waals surface area contributed by atoms with E-state index in [0.29, 0.717) is 22.9 Å². The lowest BCUT2D eigenvalue weighted by Crippen LogP contribution is -2.20. The largest absolute Gasteiger partial charge is 0.484 e. The highest BCUT2D eigenvalue weighted by atomic mass is 19.1. The van der Waals surface area contributed by atoms with Crippen LogP contribution in [-0.2, 0) is 4.79 Å². The first-order valence-electron chi connectivity index (χ1n) is 8.32. The lowest BCUT2D eigenvalue weighted by atomic mass is 10.2. The lowest BCUT2D eigenvalue weighted by Gasteiger charge is -2.08. The summed E-state index contributed by atoms with van der Waals surface area (Å²) >= 11 is 0. The minimum Gasteiger partial charge on any atom is -0.484 e. The van der Waals surface area contributed by atoms with Crippen LogP contribution in [0.1, 0.15) is 0 Å². The van der Waals surface area contributed by atoms with Crippen molar-refractivity contribution in [2.45, 2.75) is 0 Å². The zero-order valence-corrected chi connectivity index (χ0v) is 14.2. The Labute approximate surface area is 154 Å². The summed E-state index contributed by atoms with van der Waals surface area (Å²) in [5.74, 6) is 0.221. The fourth-order valence-electron chi connectivity index (χ4n) is 2.60. The van der Waals surface area contributed by atoms with Gasteiger partial charge in [-0.3, -0.25) is 4.79 Å². The van der Waals surface area contributed by atoms with E-state index in [1.165, 1.54) is 24.3 Å². The first-order chi connectivity index (χ1) is 13.2. The van der Waals surface area contributed by atoms with Gasteiger partial charge in [0, 0.05) is 11.3 Å². The van der Waals surface area contributed by atoms with Crippen molar-refractivity contribution in [2.75, 3.05) is 11.9 Å². The van der Waals surface area contributed by atoms with Crippen LogP contribution < -0.4 is 10.1 Å². The number of hydrogen-bond acceptors (Lipinski definition) is 4. The highest BCUT2D eigenvalue weighted by Gasteiger charge is 2.10. The molecule has 0 spiro atoms. The van der Waals surface area contributed by atoms with Crippen LogP contribution >= 0.6 is 0 Å². The summed E-state index contributed by atoms with van der Waals surface area (Å²) < 4.78 is 24.0. The molecule has 0 unspecified atom stereocenters. The van der Waals surface area contributed by atoms with Crippen molar-refractivity contribution >= 4 is 22.7 Å². The number of nitrogens with zero attached hydrogens (tertiary/aromatic N) is 1. The molecule has 3 aromatic carbocycles. The predicted molar refractivity (Wildman–Crippen MR) is 100.0 cm³/mol. The van der Waals surface area contributed by atoms with Crippen LogP contribution in [0, 0.1) is 5.82 Å². The Morgan fingerprint density at radius 3 is 2.67 bits per heavy atom. The molecular weight excluding hydrogens is 347 g/mol. The van der Waals surface area contributed by atoms with Gasteiger partial charge in [0.25, 0.3) is 5.91 Å². The summed E-state index contributed by atoms with van der Waals surface area (Å²) in [6.45, 7) is -0.182. The molecule has 1 N–H and O–H groups in total. The fraction of sp³-hybridized carbons (Fsp3) is 0.0476. The van der Waals surface area contributed by atoms with Gasteiger partial charge in [0.15, 0.2) is 12.2 Å². The molecule has 4 rings (SSSR count). The molecule has 1 amide bonds. The average molecular weight is 362 g/mol. The molecule has 0 saturated heterocycles. The third kappa shape index (κ3) is 3.95. The van der Waals surface area contributed by atoms with E-state index >= 15 is 0 Å². The molecule has 0 radical (unpaired) electrons. The maximum absolute atomic E-state index is 12.9. The first kappa shape index (κ1) is 16.8. The third-order valence-corrected chi connectivity index (χ3v) is 3.87. The Hall–Kier alpha value is -3.67. The Kier molecular flexibility index (Phi) is 4.53. The van der Waals surface area contributed by atoms with Gasteiger partial charge in [0.1, 0.15) is 17.1 Å². The van der Waals surface area contributed by atoms with Gasteiger partial charge in [-0.25, -0.2) is 9.37 Å². The molecule has 1 aromatic heterocycles. The number of hydrogen-bond donors (Lipinski definition) is 1. The van der Waals surface area contributed by atoms with Gasteiger partial charge in [0.05, 0.1) is 0 Å². The van der Waals surface area contributed by atoms with Gasteiger partial charge in [-0.05, 0) is 54.6 Å². The van der Waals surface area contributed by atoms with Crippen molar-refractivity contribution in [1.82, 2.24) is 4.98 Å². The number of para-hydroxylation sites is 2. The van der Waals surface area contributed by atoms with Crippen LogP contribution in [0.3, 0.4) is 0 Å². The Bertz CT molecular complexity index is 1060. The van der Waals surface area contributed by atoms with Crippen molar-refractivity contribution < 1.29 is 18.3 Å². The van der Waals surface area contributed by atoms with Crippen molar-refractivity contribution in [3.05, 3.63) is 78.6 Å². The lowest BCUT2D eigenvalue weighted by molar-refractivity contribution is -0.118. The van der Waals surface area contributed by atoms with Gasteiger partial charge in [-0.15, -0.1) is 0 Å². The van der Waals surface area contributed by atoms with E-state index in [9.17, 15) is 9.18 Å². The molecule has 4 aromatic rings. The number of oxazole rings is 1. The summed E-state index contributed by atoms with van der Waals surface area (Å²) in [6.07, 6.45) is 0. The van der Waals surface area contributed by atoms with E-state index in [-0.39, 0.29) is 18.3 Å². The van der Waals surface area contributed by atoms with Crippen molar-refractivity contribution in [3.63, 3.8) is 0 Å². The number of rotatable bonds is 5. The number of benzene rings is 3. The van der Waals surface area contributed by atoms with E-state index in [2.05, 4.69) is 10.3 Å². The molecule has 0 saturated carbocycles. The molecule has 0 aliphatic heterocycles. The van der Waals surface area contributed by atoms with Gasteiger partial charge >= 0.3 is 0 Å². The molecule has 27 heavy (non-hydrogen) atoms. The number of nitrogens with one attached hydrogen (secondary N) is 1. The van der Waals surface area contributed by atoms with E-state index in [0.717, 1.165) is 11.1 Å². The van der Waals surface area contributed by atoms with Gasteiger partial charge in [-0.2, -0.15) is 0 Å². The molecule has 1 heterocycles. The van der Waals surface area contributed by atoms with Crippen LogP contribution in [0.5, 0.6) is 5.75 Å². The predicted octanol–water partition coefficient (Wildman–Crippen LogP) is 4.65. The summed E-state index contributed by atoms with van der Waals surface area (Å²) in [5.41, 5.74) is 2.83. The highest BCUT2D eigenvalue weighted by molar-refractivity contribution is 5.92. The summed E-state index contributed by atoms with van der Waals surface area (Å²) in [6, 6.07) is 20.2. The molecule has 0 fully saturated rings.